The van der Waals surface area contributed by atoms with Gasteiger partial charge in [-0.3, -0.25) is 10.2 Å². The van der Waals surface area contributed by atoms with E-state index in [1.165, 1.54) is 22.8 Å². The number of hydrogen-bond donors (Lipinski definition) is 1. The number of sulfonamides is 1. The molecule has 0 saturated carbocycles. The van der Waals surface area contributed by atoms with Crippen molar-refractivity contribution >= 4 is 27.7 Å². The third kappa shape index (κ3) is 7.02. The average molecular weight is 474 g/mol. The van der Waals surface area contributed by atoms with Crippen LogP contribution in [0.1, 0.15) is 30.1 Å². The summed E-state index contributed by atoms with van der Waals surface area (Å²) in [5, 5.41) is 4.29. The van der Waals surface area contributed by atoms with Crippen LogP contribution in [0.3, 0.4) is 0 Å². The monoisotopic (exact) mass is 473 g/mol. The van der Waals surface area contributed by atoms with E-state index in [-0.39, 0.29) is 5.75 Å². The number of nitrogens with zero attached hydrogens (tertiary/aromatic N) is 2. The molecule has 0 aromatic heterocycles. The molecule has 4 rings (SSSR count). The van der Waals surface area contributed by atoms with Crippen LogP contribution < -0.4 is 5.32 Å². The molecule has 0 amide bonds. The molecule has 172 valence electrons. The second-order valence-corrected chi connectivity index (χ2v) is 10.5. The maximum Gasteiger partial charge on any atom is 0.217 e. The Kier molecular flexibility index (Phi) is 9.08. The smallest absolute Gasteiger partial charge is 0.217 e. The molecule has 0 bridgehead atoms. The number of halogens is 1. The maximum atomic E-state index is 12.1. The van der Waals surface area contributed by atoms with Gasteiger partial charge in [0.05, 0.1) is 11.9 Å². The van der Waals surface area contributed by atoms with Crippen molar-refractivity contribution in [2.75, 3.05) is 39.0 Å². The minimum absolute atomic E-state index is 0.0250. The van der Waals surface area contributed by atoms with E-state index in [4.69, 9.17) is 11.6 Å². The van der Waals surface area contributed by atoms with Crippen LogP contribution >= 0.6 is 11.6 Å². The quantitative estimate of drug-likeness (QED) is 0.647. The van der Waals surface area contributed by atoms with Gasteiger partial charge in [0.15, 0.2) is 0 Å². The number of piperidine rings is 1. The summed E-state index contributed by atoms with van der Waals surface area (Å²) >= 11 is 5.54. The van der Waals surface area contributed by atoms with Gasteiger partial charge in [-0.2, -0.15) is 0 Å². The maximum absolute atomic E-state index is 12.1. The predicted octanol–water partition coefficient (Wildman–Crippen LogP) is 4.56. The van der Waals surface area contributed by atoms with Crippen molar-refractivity contribution in [1.82, 2.24) is 14.5 Å². The molecule has 2 aliphatic heterocycles. The SMILES string of the molecule is C=CCS(=O)(=O)N1CCC(=Cc2ccc(C3NCCN3C)cc2)CC1.Clc1ccccc1. The molecule has 1 N–H and O–H groups in total. The Bertz CT molecular complexity index is 997. The summed E-state index contributed by atoms with van der Waals surface area (Å²) in [6, 6.07) is 18.1. The number of rotatable bonds is 5. The van der Waals surface area contributed by atoms with Gasteiger partial charge < -0.3 is 0 Å². The summed E-state index contributed by atoms with van der Waals surface area (Å²) in [7, 11) is -1.04. The summed E-state index contributed by atoms with van der Waals surface area (Å²) in [5.41, 5.74) is 3.78. The van der Waals surface area contributed by atoms with Crippen LogP contribution in [0.5, 0.6) is 0 Å². The Morgan fingerprint density at radius 2 is 1.72 bits per heavy atom. The Morgan fingerprint density at radius 1 is 1.06 bits per heavy atom. The summed E-state index contributed by atoms with van der Waals surface area (Å²) < 4.78 is 25.7. The molecule has 0 aliphatic carbocycles. The van der Waals surface area contributed by atoms with E-state index in [0.717, 1.165) is 31.0 Å². The highest BCUT2D eigenvalue weighted by molar-refractivity contribution is 7.89. The average Bonchev–Trinajstić information content (AvgIpc) is 3.21. The molecule has 2 fully saturated rings. The molecule has 1 unspecified atom stereocenters. The molecule has 0 spiro atoms. The first-order chi connectivity index (χ1) is 15.4. The molecule has 2 saturated heterocycles. The largest absolute Gasteiger partial charge is 0.297 e. The van der Waals surface area contributed by atoms with Gasteiger partial charge in [0.1, 0.15) is 0 Å². The van der Waals surface area contributed by atoms with Crippen LogP contribution in [-0.4, -0.2) is 56.6 Å². The van der Waals surface area contributed by atoms with E-state index in [1.54, 1.807) is 4.31 Å². The van der Waals surface area contributed by atoms with E-state index in [0.29, 0.717) is 19.3 Å². The molecule has 2 aliphatic rings. The molecule has 5 nitrogen and oxygen atoms in total. The van der Waals surface area contributed by atoms with Crippen molar-refractivity contribution in [3.8, 4) is 0 Å². The number of benzene rings is 2. The molecule has 7 heteroatoms. The van der Waals surface area contributed by atoms with Crippen LogP contribution in [0.25, 0.3) is 6.08 Å². The highest BCUT2D eigenvalue weighted by atomic mass is 35.5. The van der Waals surface area contributed by atoms with Crippen LogP contribution in [-0.2, 0) is 10.0 Å². The standard InChI is InChI=1S/C19H27N3O2S.C6H5Cl/c1-3-14-25(23,24)22-11-8-17(9-12-22)15-16-4-6-18(7-5-16)19-20-10-13-21(19)2;7-6-4-2-1-3-5-6/h3-7,15,19-20H,1,8-14H2,2H3;1-5H. The third-order valence-corrected chi connectivity index (χ3v) is 7.75. The van der Waals surface area contributed by atoms with Crippen LogP contribution in [0, 0.1) is 0 Å². The third-order valence-electron chi connectivity index (χ3n) is 5.69. The molecule has 2 aromatic carbocycles. The normalized spacial score (nSPS) is 19.8. The molecule has 2 aromatic rings. The first kappa shape index (κ1) is 24.7. The van der Waals surface area contributed by atoms with Gasteiger partial charge in [0, 0.05) is 31.2 Å². The highest BCUT2D eigenvalue weighted by Gasteiger charge is 2.24. The second kappa shape index (κ2) is 11.8. The van der Waals surface area contributed by atoms with Gasteiger partial charge in [0.25, 0.3) is 0 Å². The summed E-state index contributed by atoms with van der Waals surface area (Å²) in [6.07, 6.45) is 5.56. The Hall–Kier alpha value is -1.96. The topological polar surface area (TPSA) is 52.7 Å². The molecule has 32 heavy (non-hydrogen) atoms. The van der Waals surface area contributed by atoms with E-state index in [2.05, 4.69) is 54.2 Å². The second-order valence-electron chi connectivity index (χ2n) is 8.07. The van der Waals surface area contributed by atoms with Crippen molar-refractivity contribution in [3.05, 3.63) is 89.0 Å². The van der Waals surface area contributed by atoms with Crippen molar-refractivity contribution < 1.29 is 8.42 Å². The van der Waals surface area contributed by atoms with Crippen LogP contribution in [0.15, 0.2) is 72.8 Å². The highest BCUT2D eigenvalue weighted by Crippen LogP contribution is 2.24. The van der Waals surface area contributed by atoms with E-state index in [1.807, 2.05) is 30.3 Å². The minimum atomic E-state index is -3.17. The van der Waals surface area contributed by atoms with Crippen LogP contribution in [0.4, 0.5) is 0 Å². The van der Waals surface area contributed by atoms with Crippen molar-refractivity contribution in [2.24, 2.45) is 0 Å². The number of likely N-dealkylation sites (N-methyl/N-ethyl adjacent to an activating group) is 1. The molecule has 2 heterocycles. The fourth-order valence-electron chi connectivity index (χ4n) is 3.91. The lowest BCUT2D eigenvalue weighted by molar-refractivity contribution is 0.301. The zero-order valence-electron chi connectivity index (χ0n) is 18.6. The van der Waals surface area contributed by atoms with Gasteiger partial charge >= 0.3 is 0 Å². The van der Waals surface area contributed by atoms with Crippen LogP contribution in [0.2, 0.25) is 5.02 Å². The Labute approximate surface area is 197 Å². The lowest BCUT2D eigenvalue weighted by Gasteiger charge is -2.27. The lowest BCUT2D eigenvalue weighted by atomic mass is 10.0. The number of nitrogens with one attached hydrogen (secondary N) is 1. The zero-order valence-corrected chi connectivity index (χ0v) is 20.2. The molecule has 0 radical (unpaired) electrons. The Balaban J connectivity index is 0.000000352. The fourth-order valence-corrected chi connectivity index (χ4v) is 5.30. The van der Waals surface area contributed by atoms with Crippen molar-refractivity contribution in [3.63, 3.8) is 0 Å². The van der Waals surface area contributed by atoms with Crippen molar-refractivity contribution in [1.29, 1.82) is 0 Å². The number of hydrogen-bond acceptors (Lipinski definition) is 4. The van der Waals surface area contributed by atoms with Crippen molar-refractivity contribution in [2.45, 2.75) is 19.0 Å². The lowest BCUT2D eigenvalue weighted by Crippen LogP contribution is -2.37. The Morgan fingerprint density at radius 3 is 2.22 bits per heavy atom. The first-order valence-corrected chi connectivity index (χ1v) is 12.9. The van der Waals surface area contributed by atoms with E-state index in [9.17, 15) is 8.42 Å². The van der Waals surface area contributed by atoms with Gasteiger partial charge in [-0.1, -0.05) is 71.8 Å². The van der Waals surface area contributed by atoms with Gasteiger partial charge in [-0.05, 0) is 43.1 Å². The van der Waals surface area contributed by atoms with E-state index >= 15 is 0 Å². The van der Waals surface area contributed by atoms with E-state index < -0.39 is 10.0 Å². The summed E-state index contributed by atoms with van der Waals surface area (Å²) in [5.74, 6) is 0.0250. The van der Waals surface area contributed by atoms with Gasteiger partial charge in [-0.15, -0.1) is 6.58 Å². The fraction of sp³-hybridized carbons (Fsp3) is 0.360. The summed E-state index contributed by atoms with van der Waals surface area (Å²) in [6.45, 7) is 6.76. The minimum Gasteiger partial charge on any atom is -0.297 e. The zero-order chi connectivity index (χ0) is 23.0. The first-order valence-electron chi connectivity index (χ1n) is 10.9. The summed E-state index contributed by atoms with van der Waals surface area (Å²) in [4.78, 5) is 2.31. The molecule has 1 atom stereocenters. The van der Waals surface area contributed by atoms with Gasteiger partial charge in [-0.25, -0.2) is 12.7 Å². The predicted molar refractivity (Wildman–Crippen MR) is 134 cm³/mol. The molecular formula is C25H32ClN3O2S. The van der Waals surface area contributed by atoms with Gasteiger partial charge in [0.2, 0.25) is 10.0 Å². The molecular weight excluding hydrogens is 442 g/mol.